The molecule has 174 valence electrons. The van der Waals surface area contributed by atoms with Crippen LogP contribution in [0.1, 0.15) is 45.4 Å². The Balaban J connectivity index is 1.59. The van der Waals surface area contributed by atoms with Crippen molar-refractivity contribution in [2.75, 3.05) is 6.61 Å². The van der Waals surface area contributed by atoms with Crippen LogP contribution in [0.15, 0.2) is 58.4 Å². The molecule has 1 fully saturated rings. The number of nitrogens with one attached hydrogen (secondary N) is 1. The molecule has 7 heteroatoms. The third kappa shape index (κ3) is 4.84. The van der Waals surface area contributed by atoms with Crippen molar-refractivity contribution >= 4 is 40.6 Å². The van der Waals surface area contributed by atoms with E-state index in [0.717, 1.165) is 33.9 Å². The molecule has 4 rings (SSSR count). The second-order valence-electron chi connectivity index (χ2n) is 8.18. The van der Waals surface area contributed by atoms with Crippen molar-refractivity contribution in [1.82, 2.24) is 9.88 Å². The van der Waals surface area contributed by atoms with E-state index in [1.54, 1.807) is 19.1 Å². The van der Waals surface area contributed by atoms with E-state index in [2.05, 4.69) is 21.8 Å². The third-order valence-corrected chi connectivity index (χ3v) is 6.68. The van der Waals surface area contributed by atoms with Crippen LogP contribution in [0.25, 0.3) is 11.8 Å². The van der Waals surface area contributed by atoms with Gasteiger partial charge in [0.1, 0.15) is 0 Å². The molecule has 6 nitrogen and oxygen atoms in total. The van der Waals surface area contributed by atoms with Crippen LogP contribution < -0.4 is 5.32 Å². The van der Waals surface area contributed by atoms with Gasteiger partial charge in [0.2, 0.25) is 0 Å². The molecule has 1 aromatic heterocycles. The van der Waals surface area contributed by atoms with Gasteiger partial charge in [0.05, 0.1) is 22.8 Å². The van der Waals surface area contributed by atoms with E-state index in [9.17, 15) is 9.59 Å². The summed E-state index contributed by atoms with van der Waals surface area (Å²) in [4.78, 5) is 29.7. The second-order valence-corrected chi connectivity index (χ2v) is 9.21. The number of aliphatic imine (C=N–C) groups is 1. The van der Waals surface area contributed by atoms with E-state index in [4.69, 9.17) is 4.74 Å². The van der Waals surface area contributed by atoms with Gasteiger partial charge in [-0.3, -0.25) is 4.79 Å². The molecule has 1 aliphatic rings. The number of ether oxygens (including phenoxy) is 1. The summed E-state index contributed by atoms with van der Waals surface area (Å²) in [6.45, 7) is 10.3. The lowest BCUT2D eigenvalue weighted by Gasteiger charge is -2.10. The van der Waals surface area contributed by atoms with Gasteiger partial charge in [-0.15, -0.1) is 0 Å². The Bertz CT molecular complexity index is 1330. The topological polar surface area (TPSA) is 72.7 Å². The lowest BCUT2D eigenvalue weighted by Crippen LogP contribution is -2.19. The summed E-state index contributed by atoms with van der Waals surface area (Å²) >= 11 is 1.34. The quantitative estimate of drug-likeness (QED) is 0.377. The van der Waals surface area contributed by atoms with Gasteiger partial charge in [0, 0.05) is 17.1 Å². The molecule has 0 radical (unpaired) electrons. The van der Waals surface area contributed by atoms with Crippen molar-refractivity contribution in [2.24, 2.45) is 4.99 Å². The lowest BCUT2D eigenvalue weighted by molar-refractivity contribution is -0.115. The minimum Gasteiger partial charge on any atom is -0.462 e. The molecule has 0 atom stereocenters. The molecule has 0 saturated carbocycles. The summed E-state index contributed by atoms with van der Waals surface area (Å²) in [5.41, 5.74) is 7.63. The molecule has 1 amide bonds. The van der Waals surface area contributed by atoms with Crippen LogP contribution in [0.4, 0.5) is 5.69 Å². The van der Waals surface area contributed by atoms with E-state index in [1.165, 1.54) is 17.3 Å². The largest absolute Gasteiger partial charge is 0.462 e. The first kappa shape index (κ1) is 23.6. The van der Waals surface area contributed by atoms with E-state index in [-0.39, 0.29) is 11.9 Å². The van der Waals surface area contributed by atoms with Gasteiger partial charge in [-0.05, 0) is 112 Å². The summed E-state index contributed by atoms with van der Waals surface area (Å²) in [7, 11) is 0. The molecule has 0 bridgehead atoms. The molecule has 0 aliphatic carbocycles. The number of amides is 1. The molecule has 3 aromatic rings. The van der Waals surface area contributed by atoms with Crippen LogP contribution in [0.3, 0.4) is 0 Å². The molecule has 1 saturated heterocycles. The number of carbonyl (C=O) groups excluding carboxylic acids is 2. The van der Waals surface area contributed by atoms with Crippen molar-refractivity contribution in [3.05, 3.63) is 87.1 Å². The highest BCUT2D eigenvalue weighted by atomic mass is 32.2. The maximum atomic E-state index is 12.6. The number of thioether (sulfide) groups is 1. The summed E-state index contributed by atoms with van der Waals surface area (Å²) in [5.74, 6) is -0.487. The first-order chi connectivity index (χ1) is 16.3. The number of aryl methyl sites for hydroxylation is 3. The molecule has 34 heavy (non-hydrogen) atoms. The van der Waals surface area contributed by atoms with Gasteiger partial charge in [-0.25, -0.2) is 9.79 Å². The van der Waals surface area contributed by atoms with Crippen molar-refractivity contribution < 1.29 is 14.3 Å². The van der Waals surface area contributed by atoms with Crippen LogP contribution in [0.2, 0.25) is 0 Å². The number of benzene rings is 2. The molecular formula is C27H27N3O3S. The van der Waals surface area contributed by atoms with Gasteiger partial charge in [0.25, 0.3) is 5.91 Å². The number of carbonyl (C=O) groups is 2. The fourth-order valence-electron chi connectivity index (χ4n) is 3.83. The average molecular weight is 474 g/mol. The predicted octanol–water partition coefficient (Wildman–Crippen LogP) is 5.78. The Hall–Kier alpha value is -3.58. The minimum absolute atomic E-state index is 0.156. The fourth-order valence-corrected chi connectivity index (χ4v) is 4.66. The summed E-state index contributed by atoms with van der Waals surface area (Å²) in [6.07, 6.45) is 1.90. The maximum Gasteiger partial charge on any atom is 0.338 e. The van der Waals surface area contributed by atoms with E-state index < -0.39 is 0 Å². The number of nitrogens with zero attached hydrogens (tertiary/aromatic N) is 2. The lowest BCUT2D eigenvalue weighted by atomic mass is 10.1. The first-order valence-electron chi connectivity index (χ1n) is 11.1. The Kier molecular flexibility index (Phi) is 6.75. The second kappa shape index (κ2) is 9.73. The summed E-state index contributed by atoms with van der Waals surface area (Å²) in [5, 5.41) is 3.43. The molecule has 0 spiro atoms. The zero-order chi connectivity index (χ0) is 24.4. The van der Waals surface area contributed by atoms with Crippen LogP contribution in [0, 0.1) is 27.7 Å². The smallest absolute Gasteiger partial charge is 0.338 e. The van der Waals surface area contributed by atoms with E-state index in [1.807, 2.05) is 63.2 Å². The number of amidine groups is 1. The summed E-state index contributed by atoms with van der Waals surface area (Å²) in [6, 6.07) is 15.4. The molecule has 0 unspecified atom stereocenters. The Labute approximate surface area is 203 Å². The highest BCUT2D eigenvalue weighted by Gasteiger charge is 2.24. The monoisotopic (exact) mass is 473 g/mol. The van der Waals surface area contributed by atoms with Crippen LogP contribution in [-0.4, -0.2) is 28.2 Å². The summed E-state index contributed by atoms with van der Waals surface area (Å²) < 4.78 is 7.16. The van der Waals surface area contributed by atoms with Gasteiger partial charge in [-0.1, -0.05) is 6.07 Å². The first-order valence-corrected chi connectivity index (χ1v) is 11.9. The molecular weight excluding hydrogens is 446 g/mol. The highest BCUT2D eigenvalue weighted by Crippen LogP contribution is 2.31. The number of hydrogen-bond donors (Lipinski definition) is 1. The van der Waals surface area contributed by atoms with Crippen LogP contribution in [-0.2, 0) is 9.53 Å². The van der Waals surface area contributed by atoms with Crippen LogP contribution >= 0.6 is 11.8 Å². The SMILES string of the molecule is CCOC(=O)c1ccc(-n2c(C)cc(/C=C3\SC(=Nc4ccc(C)c(C)c4)NC3=O)c2C)cc1. The van der Waals surface area contributed by atoms with Crippen molar-refractivity contribution in [1.29, 1.82) is 0 Å². The van der Waals surface area contributed by atoms with Crippen molar-refractivity contribution in [3.63, 3.8) is 0 Å². The highest BCUT2D eigenvalue weighted by molar-refractivity contribution is 8.18. The Morgan fingerprint density at radius 2 is 1.79 bits per heavy atom. The van der Waals surface area contributed by atoms with Gasteiger partial charge >= 0.3 is 5.97 Å². The van der Waals surface area contributed by atoms with Gasteiger partial charge < -0.3 is 14.6 Å². The number of hydrogen-bond acceptors (Lipinski definition) is 5. The van der Waals surface area contributed by atoms with Gasteiger partial charge in [-0.2, -0.15) is 0 Å². The van der Waals surface area contributed by atoms with Crippen molar-refractivity contribution in [3.8, 4) is 5.69 Å². The maximum absolute atomic E-state index is 12.6. The molecule has 1 aliphatic heterocycles. The minimum atomic E-state index is -0.331. The molecule has 2 heterocycles. The van der Waals surface area contributed by atoms with E-state index >= 15 is 0 Å². The van der Waals surface area contributed by atoms with Crippen molar-refractivity contribution in [2.45, 2.75) is 34.6 Å². The third-order valence-electron chi connectivity index (χ3n) is 5.77. The molecule has 2 aromatic carbocycles. The van der Waals surface area contributed by atoms with Crippen LogP contribution in [0.5, 0.6) is 0 Å². The molecule has 1 N–H and O–H groups in total. The number of aromatic nitrogens is 1. The zero-order valence-electron chi connectivity index (χ0n) is 19.9. The average Bonchev–Trinajstić information content (AvgIpc) is 3.28. The standard InChI is InChI=1S/C27H27N3O3S/c1-6-33-26(32)20-8-11-23(12-9-20)30-18(4)14-21(19(30)5)15-24-25(31)29-27(34-24)28-22-10-7-16(2)17(3)13-22/h7-15H,6H2,1-5H3,(H,28,29,31)/b24-15-. The van der Waals surface area contributed by atoms with Gasteiger partial charge in [0.15, 0.2) is 5.17 Å². The Morgan fingerprint density at radius 1 is 1.06 bits per heavy atom. The number of esters is 1. The normalized spacial score (nSPS) is 15.7. The fraction of sp³-hybridized carbons (Fsp3) is 0.222. The predicted molar refractivity (Wildman–Crippen MR) is 138 cm³/mol. The van der Waals surface area contributed by atoms with E-state index in [0.29, 0.717) is 22.2 Å². The number of rotatable bonds is 5. The Morgan fingerprint density at radius 3 is 2.47 bits per heavy atom. The zero-order valence-corrected chi connectivity index (χ0v) is 20.7.